The van der Waals surface area contributed by atoms with E-state index < -0.39 is 31.4 Å². The van der Waals surface area contributed by atoms with Gasteiger partial charge in [-0.3, -0.25) is 4.79 Å². The molecule has 0 spiro atoms. The summed E-state index contributed by atoms with van der Waals surface area (Å²) in [4.78, 5) is 12.3. The van der Waals surface area contributed by atoms with Crippen molar-refractivity contribution in [3.8, 4) is 0 Å². The zero-order valence-electron chi connectivity index (χ0n) is 16.1. The molecule has 0 radical (unpaired) electrons. The molecule has 0 aliphatic heterocycles. The molecule has 0 aliphatic rings. The minimum atomic E-state index is -2.78. The third-order valence-electron chi connectivity index (χ3n) is 2.28. The first-order chi connectivity index (χ1) is 10.2. The molecule has 0 saturated heterocycles. The Morgan fingerprint density at radius 1 is 1.41 bits per heavy atom. The summed E-state index contributed by atoms with van der Waals surface area (Å²) in [5, 5.41) is 2.65. The molecule has 17 heavy (non-hydrogen) atoms. The first kappa shape index (κ1) is 7.57. The summed E-state index contributed by atoms with van der Waals surface area (Å²) in [5.74, 6) is -0.631. The Morgan fingerprint density at radius 2 is 1.94 bits per heavy atom. The van der Waals surface area contributed by atoms with Crippen LogP contribution in [0.25, 0.3) is 0 Å². The topological polar surface area (TPSA) is 29.1 Å². The molecule has 1 N–H and O–H groups in total. The van der Waals surface area contributed by atoms with Gasteiger partial charge in [-0.1, -0.05) is 36.6 Å². The highest BCUT2D eigenvalue weighted by atomic mass is 79.9. The molecule has 0 saturated carbocycles. The summed E-state index contributed by atoms with van der Waals surface area (Å²) in [5.41, 5.74) is 0.0578. The van der Waals surface area contributed by atoms with Gasteiger partial charge in [-0.25, -0.2) is 0 Å². The monoisotopic (exact) mass is 303 g/mol. The van der Waals surface area contributed by atoms with Gasteiger partial charge in [-0.2, -0.15) is 0 Å². The van der Waals surface area contributed by atoms with Crippen LogP contribution in [0.2, 0.25) is 0 Å². The zero-order chi connectivity index (χ0) is 18.2. The summed E-state index contributed by atoms with van der Waals surface area (Å²) >= 11 is 3.35. The van der Waals surface area contributed by atoms with Gasteiger partial charge in [0.15, 0.2) is 0 Å². The van der Waals surface area contributed by atoms with Crippen LogP contribution in [-0.2, 0) is 4.79 Å². The third-order valence-corrected chi connectivity index (χ3v) is 2.73. The lowest BCUT2D eigenvalue weighted by Crippen LogP contribution is -2.20. The quantitative estimate of drug-likeness (QED) is 0.860. The highest BCUT2D eigenvalue weighted by Crippen LogP contribution is 2.26. The zero-order valence-corrected chi connectivity index (χ0v) is 11.7. The number of benzene rings is 1. The van der Waals surface area contributed by atoms with Crippen LogP contribution in [0.15, 0.2) is 16.6 Å². The second-order valence-electron chi connectivity index (χ2n) is 4.47. The van der Waals surface area contributed by atoms with Crippen molar-refractivity contribution in [1.82, 2.24) is 0 Å². The Labute approximate surface area is 120 Å². The fourth-order valence-electron chi connectivity index (χ4n) is 1.61. The highest BCUT2D eigenvalue weighted by Gasteiger charge is 2.17. The van der Waals surface area contributed by atoms with Gasteiger partial charge < -0.3 is 5.32 Å². The van der Waals surface area contributed by atoms with Gasteiger partial charge >= 0.3 is 0 Å². The van der Waals surface area contributed by atoms with Crippen molar-refractivity contribution in [3.05, 3.63) is 27.7 Å². The van der Waals surface area contributed by atoms with Crippen molar-refractivity contribution in [1.29, 1.82) is 0 Å². The molecule has 0 bridgehead atoms. The van der Waals surface area contributed by atoms with Crippen LogP contribution in [0.3, 0.4) is 0 Å². The second-order valence-corrected chi connectivity index (χ2v) is 5.39. The standard InChI is InChI=1S/C14H20BrNO/c1-9-6-11(15)7-10(2)13(9)16-12(17)8-14(3,4)5/h6-7H,8H2,1-5H3,(H,16,17)/i3D3,4D3. The number of halogens is 1. The second kappa shape index (κ2) is 5.21. The van der Waals surface area contributed by atoms with Gasteiger partial charge in [0.2, 0.25) is 5.91 Å². The van der Waals surface area contributed by atoms with Crippen LogP contribution in [0.4, 0.5) is 5.69 Å². The summed E-state index contributed by atoms with van der Waals surface area (Å²) in [6.45, 7) is -0.840. The molecule has 1 rings (SSSR count). The average Bonchev–Trinajstić information content (AvgIpc) is 2.30. The number of carbonyl (C=O) groups is 1. The lowest BCUT2D eigenvalue weighted by atomic mass is 9.92. The predicted octanol–water partition coefficient (Wildman–Crippen LogP) is 4.44. The maximum absolute atomic E-state index is 12.3. The third kappa shape index (κ3) is 4.50. The molecular formula is C14H20BrNO. The molecular weight excluding hydrogens is 278 g/mol. The van der Waals surface area contributed by atoms with E-state index in [1.54, 1.807) is 13.8 Å². The SMILES string of the molecule is [2H]C([2H])([2H])C(C)(CC(=O)Nc1c(C)cc(Br)cc1C)C([2H])([2H])[2H]. The molecule has 0 aliphatic carbocycles. The molecule has 0 fully saturated rings. The Bertz CT molecular complexity index is 571. The van der Waals surface area contributed by atoms with E-state index >= 15 is 0 Å². The lowest BCUT2D eigenvalue weighted by molar-refractivity contribution is -0.117. The van der Waals surface area contributed by atoms with E-state index in [1.165, 1.54) is 0 Å². The fraction of sp³-hybridized carbons (Fsp3) is 0.500. The minimum Gasteiger partial charge on any atom is -0.326 e. The lowest BCUT2D eigenvalue weighted by Gasteiger charge is -2.19. The molecule has 0 unspecified atom stereocenters. The van der Waals surface area contributed by atoms with E-state index in [0.717, 1.165) is 22.5 Å². The van der Waals surface area contributed by atoms with Crippen molar-refractivity contribution in [2.75, 3.05) is 5.32 Å². The van der Waals surface area contributed by atoms with Crippen molar-refractivity contribution in [3.63, 3.8) is 0 Å². The Kier molecular flexibility index (Phi) is 2.32. The molecule has 1 amide bonds. The van der Waals surface area contributed by atoms with E-state index in [1.807, 2.05) is 12.1 Å². The molecule has 94 valence electrons. The van der Waals surface area contributed by atoms with Crippen LogP contribution < -0.4 is 5.32 Å². The minimum absolute atomic E-state index is 0.566. The van der Waals surface area contributed by atoms with Crippen LogP contribution in [0.5, 0.6) is 0 Å². The van der Waals surface area contributed by atoms with Gasteiger partial charge in [0.05, 0.1) is 0 Å². The van der Waals surface area contributed by atoms with Crippen molar-refractivity contribution in [2.45, 2.75) is 40.9 Å². The van der Waals surface area contributed by atoms with Crippen molar-refractivity contribution < 1.29 is 13.0 Å². The van der Waals surface area contributed by atoms with E-state index in [-0.39, 0.29) is 0 Å². The van der Waals surface area contributed by atoms with Gasteiger partial charge in [-0.05, 0) is 42.5 Å². The highest BCUT2D eigenvalue weighted by molar-refractivity contribution is 9.10. The molecule has 1 aromatic rings. The molecule has 0 heterocycles. The van der Waals surface area contributed by atoms with Crippen molar-refractivity contribution in [2.24, 2.45) is 5.41 Å². The van der Waals surface area contributed by atoms with Gasteiger partial charge in [0.25, 0.3) is 0 Å². The fourth-order valence-corrected chi connectivity index (χ4v) is 2.30. The summed E-state index contributed by atoms with van der Waals surface area (Å²) < 4.78 is 45.9. The first-order valence-electron chi connectivity index (χ1n) is 8.25. The molecule has 0 atom stereocenters. The van der Waals surface area contributed by atoms with E-state index in [4.69, 9.17) is 8.22 Å². The van der Waals surface area contributed by atoms with Crippen LogP contribution in [0, 0.1) is 19.3 Å². The number of carbonyl (C=O) groups excluding carboxylic acids is 1. The number of hydrogen-bond donors (Lipinski definition) is 1. The normalized spacial score (nSPS) is 18.1. The average molecular weight is 304 g/mol. The maximum atomic E-state index is 12.3. The van der Waals surface area contributed by atoms with Crippen LogP contribution in [0.1, 0.15) is 46.4 Å². The van der Waals surface area contributed by atoms with Gasteiger partial charge in [0, 0.05) is 24.8 Å². The molecule has 1 aromatic carbocycles. The van der Waals surface area contributed by atoms with Crippen LogP contribution >= 0.6 is 15.9 Å². The number of rotatable bonds is 2. The summed E-state index contributed by atoms with van der Waals surface area (Å²) in [7, 11) is 0. The van der Waals surface area contributed by atoms with E-state index in [0.29, 0.717) is 5.69 Å². The van der Waals surface area contributed by atoms with Crippen LogP contribution in [-0.4, -0.2) is 5.91 Å². The van der Waals surface area contributed by atoms with Crippen molar-refractivity contribution >= 4 is 27.5 Å². The van der Waals surface area contributed by atoms with Gasteiger partial charge in [-0.15, -0.1) is 0 Å². The predicted molar refractivity (Wildman–Crippen MR) is 76.3 cm³/mol. The van der Waals surface area contributed by atoms with Gasteiger partial charge in [0.1, 0.15) is 0 Å². The smallest absolute Gasteiger partial charge is 0.224 e. The number of amides is 1. The molecule has 2 nitrogen and oxygen atoms in total. The largest absolute Gasteiger partial charge is 0.326 e. The van der Waals surface area contributed by atoms with E-state index in [2.05, 4.69) is 21.2 Å². The van der Waals surface area contributed by atoms with E-state index in [9.17, 15) is 4.79 Å². The Morgan fingerprint density at radius 3 is 2.41 bits per heavy atom. The Hall–Kier alpha value is -0.830. The molecule has 0 aromatic heterocycles. The number of hydrogen-bond acceptors (Lipinski definition) is 1. The maximum Gasteiger partial charge on any atom is 0.224 e. The Balaban J connectivity index is 3.08. The number of anilines is 1. The first-order valence-corrected chi connectivity index (χ1v) is 6.05. The summed E-state index contributed by atoms with van der Waals surface area (Å²) in [6.07, 6.45) is -0.616. The molecule has 3 heteroatoms. The number of nitrogens with one attached hydrogen (secondary N) is 1. The summed E-state index contributed by atoms with van der Waals surface area (Å²) in [6, 6.07) is 3.63. The number of aryl methyl sites for hydroxylation is 2.